The predicted octanol–water partition coefficient (Wildman–Crippen LogP) is 3.93. The van der Waals surface area contributed by atoms with Gasteiger partial charge in [-0.15, -0.1) is 14.3 Å². The van der Waals surface area contributed by atoms with E-state index >= 15 is 0 Å². The van der Waals surface area contributed by atoms with Gasteiger partial charge in [0.15, 0.2) is 0 Å². The summed E-state index contributed by atoms with van der Waals surface area (Å²) in [6, 6.07) is 7.33. The molecule has 184 valence electrons. The fourth-order valence-corrected chi connectivity index (χ4v) is 4.05. The molecule has 0 spiro atoms. The third-order valence-electron chi connectivity index (χ3n) is 5.01. The molecular weight excluding hydrogens is 456 g/mol. The third-order valence-corrected chi connectivity index (χ3v) is 6.62. The van der Waals surface area contributed by atoms with Crippen LogP contribution in [0.4, 0.5) is 22.9 Å². The maximum absolute atomic E-state index is 12.9. The molecule has 2 aromatic rings. The zero-order chi connectivity index (χ0) is 25.8. The van der Waals surface area contributed by atoms with Crippen LogP contribution in [-0.2, 0) is 20.4 Å². The summed E-state index contributed by atoms with van der Waals surface area (Å²) in [6.45, 7) is 12.5. The van der Waals surface area contributed by atoms with Crippen LogP contribution in [0.15, 0.2) is 28.4 Å². The summed E-state index contributed by atoms with van der Waals surface area (Å²) >= 11 is 0. The first-order valence-electron chi connectivity index (χ1n) is 10.8. The van der Waals surface area contributed by atoms with Gasteiger partial charge in [-0.3, -0.25) is 4.79 Å². The second kappa shape index (κ2) is 10.3. The Morgan fingerprint density at radius 2 is 1.82 bits per heavy atom. The second-order valence-electron chi connectivity index (χ2n) is 8.80. The van der Waals surface area contributed by atoms with E-state index < -0.39 is 15.6 Å². The Labute approximate surface area is 201 Å². The summed E-state index contributed by atoms with van der Waals surface area (Å²) in [4.78, 5) is 13.9. The fourth-order valence-electron chi connectivity index (χ4n) is 3.21. The molecule has 0 saturated heterocycles. The Morgan fingerprint density at radius 3 is 2.29 bits per heavy atom. The quantitative estimate of drug-likeness (QED) is 0.559. The lowest BCUT2D eigenvalue weighted by atomic mass is 9.90. The van der Waals surface area contributed by atoms with E-state index in [1.165, 1.54) is 21.0 Å². The normalized spacial score (nSPS) is 12.2. The minimum absolute atomic E-state index is 0.0162. The summed E-state index contributed by atoms with van der Waals surface area (Å²) in [6.07, 6.45) is 0. The smallest absolute Gasteiger partial charge is 0.324 e. The minimum Gasteiger partial charge on any atom is -0.372 e. The van der Waals surface area contributed by atoms with Crippen molar-refractivity contribution < 1.29 is 13.2 Å². The topological polar surface area (TPSA) is 136 Å². The lowest BCUT2D eigenvalue weighted by molar-refractivity contribution is -0.114. The third kappa shape index (κ3) is 5.60. The predicted molar refractivity (Wildman–Crippen MR) is 132 cm³/mol. The maximum atomic E-state index is 12.9. The molecule has 0 aliphatic carbocycles. The molecule has 12 heteroatoms. The van der Waals surface area contributed by atoms with Gasteiger partial charge in [-0.25, -0.2) is 0 Å². The number of rotatable bonds is 8. The van der Waals surface area contributed by atoms with Crippen molar-refractivity contribution in [3.63, 3.8) is 0 Å². The first kappa shape index (κ1) is 26.9. The molecule has 1 heterocycles. The monoisotopic (exact) mass is 488 g/mol. The number of carbonyl (C=O) groups is 1. The molecule has 0 radical (unpaired) electrons. The highest BCUT2D eigenvalue weighted by Crippen LogP contribution is 2.35. The zero-order valence-electron chi connectivity index (χ0n) is 20.9. The Bertz CT molecular complexity index is 1230. The largest absolute Gasteiger partial charge is 0.372 e. The molecule has 34 heavy (non-hydrogen) atoms. The van der Waals surface area contributed by atoms with Crippen LogP contribution in [0, 0.1) is 11.3 Å². The molecule has 0 fully saturated rings. The van der Waals surface area contributed by atoms with Crippen LogP contribution in [0.3, 0.4) is 0 Å². The highest BCUT2D eigenvalue weighted by atomic mass is 32.2. The number of benzene rings is 1. The molecule has 0 aliphatic heterocycles. The minimum atomic E-state index is -4.08. The Hall–Kier alpha value is -3.30. The lowest BCUT2D eigenvalue weighted by Crippen LogP contribution is -2.30. The van der Waals surface area contributed by atoms with Gasteiger partial charge < -0.3 is 10.2 Å². The van der Waals surface area contributed by atoms with E-state index in [1.807, 2.05) is 46.8 Å². The summed E-state index contributed by atoms with van der Waals surface area (Å²) in [7, 11) is -1.35. The van der Waals surface area contributed by atoms with Crippen molar-refractivity contribution in [2.24, 2.45) is 10.2 Å². The highest BCUT2D eigenvalue weighted by molar-refractivity contribution is 7.87. The van der Waals surface area contributed by atoms with Crippen LogP contribution >= 0.6 is 0 Å². The van der Waals surface area contributed by atoms with E-state index in [-0.39, 0.29) is 23.0 Å². The molecule has 1 N–H and O–H groups in total. The summed E-state index contributed by atoms with van der Waals surface area (Å²) in [5.41, 5.74) is 1.30. The average Bonchev–Trinajstić information content (AvgIpc) is 3.13. The first-order valence-corrected chi connectivity index (χ1v) is 12.2. The molecule has 0 bridgehead atoms. The molecule has 11 nitrogen and oxygen atoms in total. The number of azo groups is 1. The molecule has 1 aromatic carbocycles. The van der Waals surface area contributed by atoms with Crippen LogP contribution < -0.4 is 10.2 Å². The number of aromatic nitrogens is 2. The van der Waals surface area contributed by atoms with Crippen LogP contribution in [0.2, 0.25) is 0 Å². The summed E-state index contributed by atoms with van der Waals surface area (Å²) in [5, 5.41) is 25.2. The van der Waals surface area contributed by atoms with Gasteiger partial charge in [-0.05, 0) is 32.0 Å². The zero-order valence-corrected chi connectivity index (χ0v) is 21.7. The molecule has 0 saturated carbocycles. The maximum Gasteiger partial charge on any atom is 0.324 e. The van der Waals surface area contributed by atoms with Gasteiger partial charge >= 0.3 is 10.2 Å². The average molecular weight is 489 g/mol. The van der Waals surface area contributed by atoms with Gasteiger partial charge in [-0.1, -0.05) is 20.8 Å². The number of carbonyl (C=O) groups excluding carboxylic acids is 1. The molecule has 1 amide bonds. The number of amides is 1. The van der Waals surface area contributed by atoms with Gasteiger partial charge in [0.1, 0.15) is 17.3 Å². The van der Waals surface area contributed by atoms with E-state index in [9.17, 15) is 18.5 Å². The SMILES string of the molecule is CCN(CC)c1ccc(N=Nc2c(C#N)c(C(C)(C)C)nn2S(=O)(=O)N(C)C)c(NC(C)=O)c1. The Kier molecular flexibility index (Phi) is 8.18. The Balaban J connectivity index is 2.74. The van der Waals surface area contributed by atoms with Gasteiger partial charge in [0.2, 0.25) is 11.7 Å². The van der Waals surface area contributed by atoms with E-state index in [4.69, 9.17) is 0 Å². The van der Waals surface area contributed by atoms with Crippen molar-refractivity contribution in [1.82, 2.24) is 13.5 Å². The van der Waals surface area contributed by atoms with Crippen molar-refractivity contribution in [3.8, 4) is 6.07 Å². The van der Waals surface area contributed by atoms with Crippen LogP contribution in [0.5, 0.6) is 0 Å². The van der Waals surface area contributed by atoms with Crippen molar-refractivity contribution in [1.29, 1.82) is 5.26 Å². The lowest BCUT2D eigenvalue weighted by Gasteiger charge is -2.22. The Morgan fingerprint density at radius 1 is 1.21 bits per heavy atom. The standard InChI is InChI=1S/C22H32N8O3S/c1-9-29(10-2)16-11-12-18(19(13-16)24-15(3)31)25-26-21-17(14-23)20(22(4,5)6)27-30(21)34(32,33)28(7)8/h11-13H,9-10H2,1-8H3,(H,24,31). The second-order valence-corrected chi connectivity index (χ2v) is 10.8. The van der Waals surface area contributed by atoms with E-state index in [1.54, 1.807) is 12.1 Å². The van der Waals surface area contributed by atoms with Crippen molar-refractivity contribution in [2.75, 3.05) is 37.4 Å². The number of nitrogens with one attached hydrogen (secondary N) is 1. The number of hydrogen-bond donors (Lipinski definition) is 1. The summed E-state index contributed by atoms with van der Waals surface area (Å²) < 4.78 is 27.5. The number of nitrogens with zero attached hydrogens (tertiary/aromatic N) is 7. The van der Waals surface area contributed by atoms with Gasteiger partial charge in [0.25, 0.3) is 0 Å². The van der Waals surface area contributed by atoms with Crippen LogP contribution in [0.25, 0.3) is 0 Å². The van der Waals surface area contributed by atoms with Crippen molar-refractivity contribution in [3.05, 3.63) is 29.5 Å². The first-order chi connectivity index (χ1) is 15.8. The van der Waals surface area contributed by atoms with E-state index in [0.717, 1.165) is 27.2 Å². The molecule has 0 aliphatic rings. The molecule has 1 aromatic heterocycles. The van der Waals surface area contributed by atoms with Gasteiger partial charge in [-0.2, -0.15) is 23.1 Å². The van der Waals surface area contributed by atoms with Crippen molar-refractivity contribution in [2.45, 2.75) is 47.0 Å². The molecular formula is C22H32N8O3S. The highest BCUT2D eigenvalue weighted by Gasteiger charge is 2.32. The van der Waals surface area contributed by atoms with Gasteiger partial charge in [0, 0.05) is 45.2 Å². The van der Waals surface area contributed by atoms with Crippen LogP contribution in [0.1, 0.15) is 52.8 Å². The van der Waals surface area contributed by atoms with Crippen LogP contribution in [-0.4, -0.2) is 55.0 Å². The van der Waals surface area contributed by atoms with E-state index in [2.05, 4.69) is 25.5 Å². The fraction of sp³-hybridized carbons (Fsp3) is 0.500. The van der Waals surface area contributed by atoms with Crippen molar-refractivity contribution >= 4 is 39.0 Å². The summed E-state index contributed by atoms with van der Waals surface area (Å²) in [5.74, 6) is -0.496. The molecule has 0 atom stereocenters. The van der Waals surface area contributed by atoms with Gasteiger partial charge in [0.05, 0.1) is 11.4 Å². The number of hydrogen-bond acceptors (Lipinski definition) is 8. The van der Waals surface area contributed by atoms with E-state index in [0.29, 0.717) is 11.4 Å². The molecule has 0 unspecified atom stereocenters. The number of anilines is 2. The number of nitriles is 1. The molecule has 2 rings (SSSR count).